The first kappa shape index (κ1) is 11.5. The molecule has 0 bridgehead atoms. The minimum Gasteiger partial charge on any atom is -0.505 e. The lowest BCUT2D eigenvalue weighted by Crippen LogP contribution is -2.37. The van der Waals surface area contributed by atoms with Gasteiger partial charge in [0.2, 0.25) is 0 Å². The van der Waals surface area contributed by atoms with Gasteiger partial charge < -0.3 is 16.2 Å². The minimum atomic E-state index is -0.406. The Labute approximate surface area is 88.3 Å². The number of nitrogens with one attached hydrogen (secondary N) is 1. The summed E-state index contributed by atoms with van der Waals surface area (Å²) in [6.45, 7) is 2.32. The zero-order valence-corrected chi connectivity index (χ0v) is 8.60. The average Bonchev–Trinajstić information content (AvgIpc) is 2.26. The molecule has 1 amide bonds. The van der Waals surface area contributed by atoms with Gasteiger partial charge in [0.25, 0.3) is 5.91 Å². The average molecular weight is 209 g/mol. The first-order chi connectivity index (χ1) is 7.15. The van der Waals surface area contributed by atoms with Gasteiger partial charge in [-0.1, -0.05) is 6.92 Å². The maximum Gasteiger partial charge on any atom is 0.273 e. The fourth-order valence-corrected chi connectivity index (χ4v) is 1.02. The Bertz CT molecular complexity index is 341. The summed E-state index contributed by atoms with van der Waals surface area (Å²) in [5.41, 5.74) is 5.67. The SMILES string of the molecule is CCC(N)CNC(=O)c1ncccc1O. The van der Waals surface area contributed by atoms with Crippen LogP contribution in [0.15, 0.2) is 18.3 Å². The van der Waals surface area contributed by atoms with Gasteiger partial charge in [-0.2, -0.15) is 0 Å². The van der Waals surface area contributed by atoms with E-state index in [1.165, 1.54) is 12.3 Å². The summed E-state index contributed by atoms with van der Waals surface area (Å²) < 4.78 is 0. The lowest BCUT2D eigenvalue weighted by Gasteiger charge is -2.10. The van der Waals surface area contributed by atoms with Gasteiger partial charge in [0, 0.05) is 18.8 Å². The van der Waals surface area contributed by atoms with Gasteiger partial charge in [0.05, 0.1) is 0 Å². The molecule has 0 saturated heterocycles. The summed E-state index contributed by atoms with van der Waals surface area (Å²) in [7, 11) is 0. The van der Waals surface area contributed by atoms with Gasteiger partial charge in [-0.05, 0) is 18.6 Å². The molecule has 5 nitrogen and oxygen atoms in total. The number of carbonyl (C=O) groups excluding carboxylic acids is 1. The Morgan fingerprint density at radius 2 is 2.47 bits per heavy atom. The van der Waals surface area contributed by atoms with Gasteiger partial charge >= 0.3 is 0 Å². The van der Waals surface area contributed by atoms with Crippen molar-refractivity contribution in [2.45, 2.75) is 19.4 Å². The molecule has 1 aromatic rings. The van der Waals surface area contributed by atoms with Crippen LogP contribution >= 0.6 is 0 Å². The summed E-state index contributed by atoms with van der Waals surface area (Å²) in [5.74, 6) is -0.530. The first-order valence-corrected chi connectivity index (χ1v) is 4.83. The molecule has 1 aromatic heterocycles. The molecule has 4 N–H and O–H groups in total. The number of hydrogen-bond donors (Lipinski definition) is 3. The van der Waals surface area contributed by atoms with Gasteiger partial charge in [0.1, 0.15) is 5.75 Å². The maximum absolute atomic E-state index is 11.5. The normalized spacial score (nSPS) is 12.1. The predicted octanol–water partition coefficient (Wildman–Crippen LogP) is 0.254. The van der Waals surface area contributed by atoms with E-state index >= 15 is 0 Å². The molecule has 82 valence electrons. The fraction of sp³-hybridized carbons (Fsp3) is 0.400. The third-order valence-corrected chi connectivity index (χ3v) is 2.05. The number of carbonyl (C=O) groups is 1. The largest absolute Gasteiger partial charge is 0.505 e. The molecule has 0 aliphatic carbocycles. The van der Waals surface area contributed by atoms with E-state index < -0.39 is 5.91 Å². The Kier molecular flexibility index (Phi) is 4.05. The van der Waals surface area contributed by atoms with Crippen molar-refractivity contribution in [1.29, 1.82) is 0 Å². The molecule has 5 heteroatoms. The number of nitrogens with zero attached hydrogens (tertiary/aromatic N) is 1. The Balaban J connectivity index is 2.58. The van der Waals surface area contributed by atoms with Crippen LogP contribution in [-0.4, -0.2) is 28.6 Å². The molecular formula is C10H15N3O2. The second-order valence-corrected chi connectivity index (χ2v) is 3.25. The Morgan fingerprint density at radius 1 is 1.73 bits per heavy atom. The molecule has 0 aromatic carbocycles. The lowest BCUT2D eigenvalue weighted by atomic mass is 10.2. The third kappa shape index (κ3) is 3.21. The summed E-state index contributed by atoms with van der Waals surface area (Å²) in [4.78, 5) is 15.3. The summed E-state index contributed by atoms with van der Waals surface area (Å²) in [6.07, 6.45) is 2.24. The van der Waals surface area contributed by atoms with Gasteiger partial charge in [-0.15, -0.1) is 0 Å². The van der Waals surface area contributed by atoms with Crippen molar-refractivity contribution in [3.8, 4) is 5.75 Å². The highest BCUT2D eigenvalue weighted by atomic mass is 16.3. The highest BCUT2D eigenvalue weighted by Gasteiger charge is 2.12. The number of rotatable bonds is 4. The summed E-state index contributed by atoms with van der Waals surface area (Å²) in [6, 6.07) is 2.91. The van der Waals surface area contributed by atoms with E-state index in [9.17, 15) is 9.90 Å². The number of aromatic hydroxyl groups is 1. The van der Waals surface area contributed by atoms with E-state index in [4.69, 9.17) is 5.73 Å². The van der Waals surface area contributed by atoms with E-state index in [1.807, 2.05) is 6.92 Å². The minimum absolute atomic E-state index is 0.0285. The van der Waals surface area contributed by atoms with E-state index in [0.717, 1.165) is 6.42 Å². The maximum atomic E-state index is 11.5. The van der Waals surface area contributed by atoms with Crippen LogP contribution in [0.5, 0.6) is 5.75 Å². The molecule has 15 heavy (non-hydrogen) atoms. The number of pyridine rings is 1. The highest BCUT2D eigenvalue weighted by Crippen LogP contribution is 2.11. The number of nitrogens with two attached hydrogens (primary N) is 1. The van der Waals surface area contributed by atoms with Crippen molar-refractivity contribution >= 4 is 5.91 Å². The van der Waals surface area contributed by atoms with Crippen LogP contribution in [0, 0.1) is 0 Å². The van der Waals surface area contributed by atoms with Crippen LogP contribution in [0.4, 0.5) is 0 Å². The number of aromatic nitrogens is 1. The van der Waals surface area contributed by atoms with Crippen LogP contribution in [0.2, 0.25) is 0 Å². The highest BCUT2D eigenvalue weighted by molar-refractivity contribution is 5.94. The van der Waals surface area contributed by atoms with Crippen LogP contribution < -0.4 is 11.1 Å². The van der Waals surface area contributed by atoms with Gasteiger partial charge in [-0.25, -0.2) is 4.98 Å². The van der Waals surface area contributed by atoms with Crippen LogP contribution in [-0.2, 0) is 0 Å². The third-order valence-electron chi connectivity index (χ3n) is 2.05. The van der Waals surface area contributed by atoms with Crippen molar-refractivity contribution < 1.29 is 9.90 Å². The summed E-state index contributed by atoms with van der Waals surface area (Å²) >= 11 is 0. The zero-order valence-electron chi connectivity index (χ0n) is 8.60. The topological polar surface area (TPSA) is 88.2 Å². The van der Waals surface area contributed by atoms with Gasteiger partial charge in [0.15, 0.2) is 5.69 Å². The quantitative estimate of drug-likeness (QED) is 0.663. The van der Waals surface area contributed by atoms with Crippen LogP contribution in [0.25, 0.3) is 0 Å². The molecule has 1 atom stereocenters. The first-order valence-electron chi connectivity index (χ1n) is 4.83. The zero-order chi connectivity index (χ0) is 11.3. The van der Waals surface area contributed by atoms with Crippen molar-refractivity contribution in [3.63, 3.8) is 0 Å². The standard InChI is InChI=1S/C10H15N3O2/c1-2-7(11)6-13-10(15)9-8(14)4-3-5-12-9/h3-5,7,14H,2,6,11H2,1H3,(H,13,15). The molecule has 0 saturated carbocycles. The molecule has 0 aliphatic heterocycles. The van der Waals surface area contributed by atoms with Crippen molar-refractivity contribution in [1.82, 2.24) is 10.3 Å². The molecule has 1 rings (SSSR count). The molecule has 0 aliphatic rings. The fourth-order valence-electron chi connectivity index (χ4n) is 1.02. The Hall–Kier alpha value is -1.62. The smallest absolute Gasteiger partial charge is 0.273 e. The van der Waals surface area contributed by atoms with Crippen molar-refractivity contribution in [2.75, 3.05) is 6.54 Å². The molecule has 0 fully saturated rings. The molecule has 0 spiro atoms. The van der Waals surface area contributed by atoms with E-state index in [1.54, 1.807) is 6.07 Å². The van der Waals surface area contributed by atoms with E-state index in [0.29, 0.717) is 6.54 Å². The molecule has 1 unspecified atom stereocenters. The monoisotopic (exact) mass is 209 g/mol. The number of hydrogen-bond acceptors (Lipinski definition) is 4. The molecule has 1 heterocycles. The van der Waals surface area contributed by atoms with Crippen LogP contribution in [0.3, 0.4) is 0 Å². The van der Waals surface area contributed by atoms with E-state index in [-0.39, 0.29) is 17.5 Å². The molecular weight excluding hydrogens is 194 g/mol. The lowest BCUT2D eigenvalue weighted by molar-refractivity contribution is 0.0943. The van der Waals surface area contributed by atoms with Gasteiger partial charge in [-0.3, -0.25) is 4.79 Å². The van der Waals surface area contributed by atoms with Crippen LogP contribution in [0.1, 0.15) is 23.8 Å². The Morgan fingerprint density at radius 3 is 3.07 bits per heavy atom. The van der Waals surface area contributed by atoms with Crippen molar-refractivity contribution in [3.05, 3.63) is 24.0 Å². The number of amides is 1. The second-order valence-electron chi connectivity index (χ2n) is 3.25. The second kappa shape index (κ2) is 5.31. The molecule has 0 radical (unpaired) electrons. The predicted molar refractivity (Wildman–Crippen MR) is 56.5 cm³/mol. The summed E-state index contributed by atoms with van der Waals surface area (Å²) in [5, 5.41) is 12.0. The van der Waals surface area contributed by atoms with Crippen molar-refractivity contribution in [2.24, 2.45) is 5.73 Å². The van der Waals surface area contributed by atoms with E-state index in [2.05, 4.69) is 10.3 Å².